The lowest BCUT2D eigenvalue weighted by atomic mass is 10.2. The monoisotopic (exact) mass is 401 g/mol. The van der Waals surface area contributed by atoms with Crippen molar-refractivity contribution in [2.24, 2.45) is 0 Å². The van der Waals surface area contributed by atoms with Crippen molar-refractivity contribution >= 4 is 40.7 Å². The molecule has 0 aliphatic carbocycles. The summed E-state index contributed by atoms with van der Waals surface area (Å²) in [4.78, 5) is 28.9. The van der Waals surface area contributed by atoms with Crippen LogP contribution in [0.4, 0.5) is 0 Å². The molecule has 0 saturated carbocycles. The van der Waals surface area contributed by atoms with Gasteiger partial charge in [-0.15, -0.1) is 22.7 Å². The fourth-order valence-corrected chi connectivity index (χ4v) is 3.74. The fourth-order valence-electron chi connectivity index (χ4n) is 2.14. The largest absolute Gasteiger partial charge is 0.493 e. The van der Waals surface area contributed by atoms with Crippen LogP contribution in [0.15, 0.2) is 47.2 Å². The van der Waals surface area contributed by atoms with E-state index in [0.717, 1.165) is 9.88 Å². The summed E-state index contributed by atoms with van der Waals surface area (Å²) in [6.07, 6.45) is 2.87. The second-order valence-corrected chi connectivity index (χ2v) is 6.98. The Bertz CT molecular complexity index is 976. The van der Waals surface area contributed by atoms with Crippen LogP contribution < -0.4 is 9.47 Å². The van der Waals surface area contributed by atoms with E-state index < -0.39 is 11.9 Å². The van der Waals surface area contributed by atoms with Crippen LogP contribution in [0.3, 0.4) is 0 Å². The van der Waals surface area contributed by atoms with E-state index in [1.165, 1.54) is 31.6 Å². The van der Waals surface area contributed by atoms with Crippen molar-refractivity contribution in [3.8, 4) is 21.4 Å². The van der Waals surface area contributed by atoms with Crippen molar-refractivity contribution in [1.82, 2.24) is 4.98 Å². The molecule has 3 rings (SSSR count). The molecular formula is C19H15NO5S2. The van der Waals surface area contributed by atoms with Gasteiger partial charge >= 0.3 is 11.9 Å². The fraction of sp³-hybridized carbons (Fsp3) is 0.105. The third-order valence-corrected chi connectivity index (χ3v) is 5.33. The Balaban J connectivity index is 1.75. The predicted molar refractivity (Wildman–Crippen MR) is 104 cm³/mol. The maximum absolute atomic E-state index is 12.4. The van der Waals surface area contributed by atoms with Gasteiger partial charge in [-0.05, 0) is 35.2 Å². The van der Waals surface area contributed by atoms with E-state index in [9.17, 15) is 9.59 Å². The summed E-state index contributed by atoms with van der Waals surface area (Å²) in [6, 6.07) is 8.83. The molecule has 0 amide bonds. The highest BCUT2D eigenvalue weighted by Gasteiger charge is 2.17. The van der Waals surface area contributed by atoms with Gasteiger partial charge in [0.1, 0.15) is 5.01 Å². The SMILES string of the molecule is COC(=O)/C=C/c1ccc(OC(=O)c2csc(-c3cccs3)n2)c(OC)c1. The Labute approximate surface area is 163 Å². The molecule has 0 saturated heterocycles. The topological polar surface area (TPSA) is 74.7 Å². The molecule has 3 aromatic rings. The molecule has 138 valence electrons. The first-order valence-corrected chi connectivity index (χ1v) is 9.52. The average molecular weight is 401 g/mol. The number of hydrogen-bond donors (Lipinski definition) is 0. The molecule has 27 heavy (non-hydrogen) atoms. The zero-order valence-electron chi connectivity index (χ0n) is 14.5. The normalized spacial score (nSPS) is 10.7. The van der Waals surface area contributed by atoms with Gasteiger partial charge in [0.05, 0.1) is 19.1 Å². The maximum Gasteiger partial charge on any atom is 0.363 e. The van der Waals surface area contributed by atoms with Gasteiger partial charge in [0.25, 0.3) is 0 Å². The molecule has 0 fully saturated rings. The van der Waals surface area contributed by atoms with E-state index in [-0.39, 0.29) is 11.4 Å². The van der Waals surface area contributed by atoms with E-state index in [0.29, 0.717) is 11.3 Å². The second-order valence-electron chi connectivity index (χ2n) is 5.17. The molecule has 0 spiro atoms. The molecular weight excluding hydrogens is 386 g/mol. The van der Waals surface area contributed by atoms with Crippen molar-refractivity contribution < 1.29 is 23.8 Å². The van der Waals surface area contributed by atoms with Crippen molar-refractivity contribution in [2.45, 2.75) is 0 Å². The first kappa shape index (κ1) is 18.8. The van der Waals surface area contributed by atoms with Crippen LogP contribution in [0, 0.1) is 0 Å². The van der Waals surface area contributed by atoms with Crippen LogP contribution in [-0.4, -0.2) is 31.1 Å². The van der Waals surface area contributed by atoms with Crippen molar-refractivity contribution in [2.75, 3.05) is 14.2 Å². The quantitative estimate of drug-likeness (QED) is 0.349. The highest BCUT2D eigenvalue weighted by atomic mass is 32.1. The number of nitrogens with zero attached hydrogens (tertiary/aromatic N) is 1. The third kappa shape index (κ3) is 4.60. The van der Waals surface area contributed by atoms with E-state index in [1.807, 2.05) is 17.5 Å². The zero-order valence-corrected chi connectivity index (χ0v) is 16.1. The van der Waals surface area contributed by atoms with Crippen molar-refractivity contribution in [3.63, 3.8) is 0 Å². The van der Waals surface area contributed by atoms with Crippen LogP contribution >= 0.6 is 22.7 Å². The number of carbonyl (C=O) groups is 2. The Hall–Kier alpha value is -2.97. The second kappa shape index (κ2) is 8.61. The molecule has 2 heterocycles. The number of thiophene rings is 1. The minimum absolute atomic E-state index is 0.236. The Morgan fingerprint density at radius 2 is 1.96 bits per heavy atom. The van der Waals surface area contributed by atoms with Gasteiger partial charge in [-0.1, -0.05) is 12.1 Å². The van der Waals surface area contributed by atoms with Crippen LogP contribution in [-0.2, 0) is 9.53 Å². The van der Waals surface area contributed by atoms with Gasteiger partial charge in [0, 0.05) is 11.5 Å². The lowest BCUT2D eigenvalue weighted by Crippen LogP contribution is -2.09. The molecule has 8 heteroatoms. The van der Waals surface area contributed by atoms with Gasteiger partial charge in [0.15, 0.2) is 17.2 Å². The number of ether oxygens (including phenoxy) is 3. The summed E-state index contributed by atoms with van der Waals surface area (Å²) >= 11 is 2.94. The number of thiazole rings is 1. The molecule has 0 unspecified atom stereocenters. The lowest BCUT2D eigenvalue weighted by Gasteiger charge is -2.09. The molecule has 0 N–H and O–H groups in total. The first-order valence-electron chi connectivity index (χ1n) is 7.76. The highest BCUT2D eigenvalue weighted by Crippen LogP contribution is 2.31. The van der Waals surface area contributed by atoms with Gasteiger partial charge in [-0.2, -0.15) is 0 Å². The minimum Gasteiger partial charge on any atom is -0.493 e. The van der Waals surface area contributed by atoms with E-state index >= 15 is 0 Å². The van der Waals surface area contributed by atoms with Gasteiger partial charge < -0.3 is 14.2 Å². The van der Waals surface area contributed by atoms with E-state index in [4.69, 9.17) is 9.47 Å². The summed E-state index contributed by atoms with van der Waals surface area (Å²) in [5.74, 6) is -0.396. The molecule has 2 aromatic heterocycles. The summed E-state index contributed by atoms with van der Waals surface area (Å²) in [5.41, 5.74) is 0.936. The first-order chi connectivity index (χ1) is 13.1. The van der Waals surface area contributed by atoms with E-state index in [2.05, 4.69) is 9.72 Å². The van der Waals surface area contributed by atoms with Crippen LogP contribution in [0.2, 0.25) is 0 Å². The number of hydrogen-bond acceptors (Lipinski definition) is 8. The molecule has 1 aromatic carbocycles. The van der Waals surface area contributed by atoms with Crippen LogP contribution in [0.1, 0.15) is 16.1 Å². The number of rotatable bonds is 6. The van der Waals surface area contributed by atoms with Crippen LogP contribution in [0.5, 0.6) is 11.5 Å². The molecule has 0 atom stereocenters. The smallest absolute Gasteiger partial charge is 0.363 e. The standard InChI is InChI=1S/C19H15NO5S2/c1-23-15-10-12(6-8-17(21)24-2)5-7-14(15)25-19(22)13-11-27-18(20-13)16-4-3-9-26-16/h3-11H,1-2H3/b8-6+. The lowest BCUT2D eigenvalue weighted by molar-refractivity contribution is -0.134. The van der Waals surface area contributed by atoms with Gasteiger partial charge in [-0.25, -0.2) is 14.6 Å². The Morgan fingerprint density at radius 3 is 2.67 bits per heavy atom. The average Bonchev–Trinajstić information content (AvgIpc) is 3.38. The number of benzene rings is 1. The van der Waals surface area contributed by atoms with Crippen LogP contribution in [0.25, 0.3) is 16.0 Å². The van der Waals surface area contributed by atoms with Crippen molar-refractivity contribution in [3.05, 3.63) is 58.4 Å². The number of aromatic nitrogens is 1. The highest BCUT2D eigenvalue weighted by molar-refractivity contribution is 7.20. The van der Waals surface area contributed by atoms with Crippen molar-refractivity contribution in [1.29, 1.82) is 0 Å². The zero-order chi connectivity index (χ0) is 19.2. The summed E-state index contributed by atoms with van der Waals surface area (Å²) < 4.78 is 15.3. The molecule has 0 aliphatic heterocycles. The number of esters is 2. The molecule has 0 bridgehead atoms. The maximum atomic E-state index is 12.4. The Kier molecular flexibility index (Phi) is 6.00. The molecule has 6 nitrogen and oxygen atoms in total. The molecule has 0 radical (unpaired) electrons. The number of methoxy groups -OCH3 is 2. The van der Waals surface area contributed by atoms with Gasteiger partial charge in [-0.3, -0.25) is 0 Å². The third-order valence-electron chi connectivity index (χ3n) is 3.45. The van der Waals surface area contributed by atoms with E-state index in [1.54, 1.807) is 41.0 Å². The predicted octanol–water partition coefficient (Wildman–Crippen LogP) is 4.29. The number of carbonyl (C=O) groups excluding carboxylic acids is 2. The Morgan fingerprint density at radius 1 is 1.11 bits per heavy atom. The summed E-state index contributed by atoms with van der Waals surface area (Å²) in [6.45, 7) is 0. The van der Waals surface area contributed by atoms with Gasteiger partial charge in [0.2, 0.25) is 0 Å². The summed E-state index contributed by atoms with van der Waals surface area (Å²) in [5, 5.41) is 4.39. The summed E-state index contributed by atoms with van der Waals surface area (Å²) in [7, 11) is 2.77. The minimum atomic E-state index is -0.565. The molecule has 0 aliphatic rings.